The second kappa shape index (κ2) is 7.85. The number of aromatic nitrogens is 1. The number of thiazole rings is 1. The van der Waals surface area contributed by atoms with Crippen LogP contribution in [0.15, 0.2) is 52.9 Å². The van der Waals surface area contributed by atoms with Crippen molar-refractivity contribution in [2.45, 2.75) is 13.5 Å². The molecule has 0 fully saturated rings. The number of benzene rings is 2. The number of nitrogens with one attached hydrogen (secondary N) is 1. The zero-order valence-electron chi connectivity index (χ0n) is 13.4. The van der Waals surface area contributed by atoms with Crippen molar-refractivity contribution in [3.05, 3.63) is 76.3 Å². The maximum absolute atomic E-state index is 14.1. The number of nitrogens with zero attached hydrogens (tertiary/aromatic N) is 2. The summed E-state index contributed by atoms with van der Waals surface area (Å²) in [5, 5.41) is 6.58. The molecule has 1 aromatic heterocycles. The molecule has 0 bridgehead atoms. The van der Waals surface area contributed by atoms with Crippen molar-refractivity contribution in [2.75, 3.05) is 5.43 Å². The molecule has 1 heterocycles. The Morgan fingerprint density at radius 1 is 1.20 bits per heavy atom. The molecule has 0 saturated heterocycles. The Bertz CT molecular complexity index is 896. The second-order valence-electron chi connectivity index (χ2n) is 5.23. The van der Waals surface area contributed by atoms with Gasteiger partial charge in [-0.15, -0.1) is 11.3 Å². The van der Waals surface area contributed by atoms with Gasteiger partial charge in [0, 0.05) is 10.9 Å². The van der Waals surface area contributed by atoms with Crippen molar-refractivity contribution in [2.24, 2.45) is 5.10 Å². The van der Waals surface area contributed by atoms with Crippen LogP contribution in [0.1, 0.15) is 16.8 Å². The summed E-state index contributed by atoms with van der Waals surface area (Å²) in [6.45, 7) is 1.85. The topological polar surface area (TPSA) is 46.5 Å². The van der Waals surface area contributed by atoms with Gasteiger partial charge in [0.05, 0.1) is 11.9 Å². The lowest BCUT2D eigenvalue weighted by Gasteiger charge is -2.08. The van der Waals surface area contributed by atoms with Crippen LogP contribution in [-0.4, -0.2) is 11.2 Å². The standard InChI is InChI=1S/C18H15F2N3OS/c1-12-11-25-18(22-12)23-21-9-13-6-7-17(16(20)8-13)24-10-14-4-2-3-5-15(14)19/h2-9,11H,10H2,1H3,(H,22,23). The van der Waals surface area contributed by atoms with Crippen LogP contribution in [0, 0.1) is 18.6 Å². The summed E-state index contributed by atoms with van der Waals surface area (Å²) in [5.74, 6) is -0.857. The van der Waals surface area contributed by atoms with E-state index >= 15 is 0 Å². The Kier molecular flexibility index (Phi) is 5.35. The molecule has 1 N–H and O–H groups in total. The van der Waals surface area contributed by atoms with Crippen LogP contribution in [-0.2, 0) is 6.61 Å². The van der Waals surface area contributed by atoms with Gasteiger partial charge >= 0.3 is 0 Å². The lowest BCUT2D eigenvalue weighted by Crippen LogP contribution is -2.00. The summed E-state index contributed by atoms with van der Waals surface area (Å²) in [4.78, 5) is 4.20. The van der Waals surface area contributed by atoms with Crippen LogP contribution in [0.3, 0.4) is 0 Å². The zero-order valence-corrected chi connectivity index (χ0v) is 14.2. The molecule has 0 atom stereocenters. The Balaban J connectivity index is 1.61. The predicted molar refractivity (Wildman–Crippen MR) is 95.2 cm³/mol. The van der Waals surface area contributed by atoms with E-state index in [1.165, 1.54) is 35.8 Å². The van der Waals surface area contributed by atoms with E-state index in [1.807, 2.05) is 12.3 Å². The number of hydrogen-bond acceptors (Lipinski definition) is 5. The molecule has 0 unspecified atom stereocenters. The van der Waals surface area contributed by atoms with Gasteiger partial charge in [0.15, 0.2) is 11.6 Å². The number of halogens is 2. The van der Waals surface area contributed by atoms with Crippen molar-refractivity contribution >= 4 is 22.7 Å². The number of aryl methyl sites for hydroxylation is 1. The summed E-state index contributed by atoms with van der Waals surface area (Å²) in [5.41, 5.74) is 4.63. The number of hydrazone groups is 1. The van der Waals surface area contributed by atoms with E-state index in [2.05, 4.69) is 15.5 Å². The first kappa shape index (κ1) is 17.0. The normalized spacial score (nSPS) is 11.0. The summed E-state index contributed by atoms with van der Waals surface area (Å²) < 4.78 is 33.0. The highest BCUT2D eigenvalue weighted by Gasteiger charge is 2.07. The fourth-order valence-electron chi connectivity index (χ4n) is 2.05. The molecule has 128 valence electrons. The van der Waals surface area contributed by atoms with Gasteiger partial charge in [-0.3, -0.25) is 5.43 Å². The molecular formula is C18H15F2N3OS. The third-order valence-corrected chi connectivity index (χ3v) is 4.15. The van der Waals surface area contributed by atoms with Gasteiger partial charge in [-0.05, 0) is 36.8 Å². The van der Waals surface area contributed by atoms with Crippen LogP contribution in [0.4, 0.5) is 13.9 Å². The average Bonchev–Trinajstić information content (AvgIpc) is 3.01. The van der Waals surface area contributed by atoms with E-state index < -0.39 is 5.82 Å². The van der Waals surface area contributed by atoms with Crippen LogP contribution in [0.2, 0.25) is 0 Å². The molecule has 0 spiro atoms. The van der Waals surface area contributed by atoms with E-state index in [9.17, 15) is 8.78 Å². The first-order valence-electron chi connectivity index (χ1n) is 7.49. The first-order valence-corrected chi connectivity index (χ1v) is 8.37. The molecule has 7 heteroatoms. The van der Waals surface area contributed by atoms with Gasteiger partial charge in [0.25, 0.3) is 0 Å². The molecule has 0 aliphatic rings. The molecule has 3 rings (SSSR count). The highest BCUT2D eigenvalue weighted by Crippen LogP contribution is 2.20. The highest BCUT2D eigenvalue weighted by atomic mass is 32.1. The monoisotopic (exact) mass is 359 g/mol. The summed E-state index contributed by atoms with van der Waals surface area (Å²) in [6.07, 6.45) is 1.49. The molecule has 0 aliphatic carbocycles. The van der Waals surface area contributed by atoms with Gasteiger partial charge in [-0.25, -0.2) is 13.8 Å². The first-order chi connectivity index (χ1) is 12.1. The minimum Gasteiger partial charge on any atom is -0.486 e. The lowest BCUT2D eigenvalue weighted by molar-refractivity contribution is 0.285. The molecule has 4 nitrogen and oxygen atoms in total. The van der Waals surface area contributed by atoms with Crippen LogP contribution in [0.5, 0.6) is 5.75 Å². The van der Waals surface area contributed by atoms with Gasteiger partial charge in [0.2, 0.25) is 5.13 Å². The van der Waals surface area contributed by atoms with Crippen LogP contribution >= 0.6 is 11.3 Å². The maximum Gasteiger partial charge on any atom is 0.203 e. The third-order valence-electron chi connectivity index (χ3n) is 3.29. The molecule has 2 aromatic carbocycles. The Labute approximate surface area is 147 Å². The van der Waals surface area contributed by atoms with E-state index in [0.717, 1.165) is 5.69 Å². The quantitative estimate of drug-likeness (QED) is 0.510. The zero-order chi connectivity index (χ0) is 17.6. The van der Waals surface area contributed by atoms with Crippen molar-refractivity contribution in [3.8, 4) is 5.75 Å². The third kappa shape index (κ3) is 4.60. The summed E-state index contributed by atoms with van der Waals surface area (Å²) in [6, 6.07) is 10.7. The molecule has 0 radical (unpaired) electrons. The van der Waals surface area contributed by atoms with Gasteiger partial charge < -0.3 is 4.74 Å². The molecule has 0 saturated carbocycles. The van der Waals surface area contributed by atoms with E-state index in [4.69, 9.17) is 4.74 Å². The molecule has 0 aliphatic heterocycles. The molecule has 0 amide bonds. The number of anilines is 1. The number of rotatable bonds is 6. The van der Waals surface area contributed by atoms with E-state index in [-0.39, 0.29) is 18.2 Å². The maximum atomic E-state index is 14.1. The Hall–Kier alpha value is -2.80. The van der Waals surface area contributed by atoms with E-state index in [0.29, 0.717) is 16.3 Å². The fourth-order valence-corrected chi connectivity index (χ4v) is 2.69. The van der Waals surface area contributed by atoms with Crippen LogP contribution in [0.25, 0.3) is 0 Å². The van der Waals surface area contributed by atoms with Crippen molar-refractivity contribution in [1.29, 1.82) is 0 Å². The molecule has 3 aromatic rings. The average molecular weight is 359 g/mol. The van der Waals surface area contributed by atoms with Crippen molar-refractivity contribution in [1.82, 2.24) is 4.98 Å². The van der Waals surface area contributed by atoms with Crippen molar-refractivity contribution in [3.63, 3.8) is 0 Å². The SMILES string of the molecule is Cc1csc(NN=Cc2ccc(OCc3ccccc3F)c(F)c2)n1. The smallest absolute Gasteiger partial charge is 0.203 e. The largest absolute Gasteiger partial charge is 0.486 e. The molecule has 25 heavy (non-hydrogen) atoms. The number of ether oxygens (including phenoxy) is 1. The van der Waals surface area contributed by atoms with Gasteiger partial charge in [-0.1, -0.05) is 18.2 Å². The molecular weight excluding hydrogens is 344 g/mol. The summed E-state index contributed by atoms with van der Waals surface area (Å²) in [7, 11) is 0. The fraction of sp³-hybridized carbons (Fsp3) is 0.111. The lowest BCUT2D eigenvalue weighted by atomic mass is 10.2. The van der Waals surface area contributed by atoms with Gasteiger partial charge in [0.1, 0.15) is 12.4 Å². The van der Waals surface area contributed by atoms with Crippen molar-refractivity contribution < 1.29 is 13.5 Å². The minimum atomic E-state index is -0.537. The minimum absolute atomic E-state index is 0.0397. The predicted octanol–water partition coefficient (Wildman–Crippen LogP) is 4.75. The van der Waals surface area contributed by atoms with Crippen LogP contribution < -0.4 is 10.2 Å². The summed E-state index contributed by atoms with van der Waals surface area (Å²) >= 11 is 1.44. The highest BCUT2D eigenvalue weighted by molar-refractivity contribution is 7.13. The van der Waals surface area contributed by atoms with Gasteiger partial charge in [-0.2, -0.15) is 5.10 Å². The number of hydrogen-bond donors (Lipinski definition) is 1. The Morgan fingerprint density at radius 3 is 2.76 bits per heavy atom. The van der Waals surface area contributed by atoms with E-state index in [1.54, 1.807) is 24.3 Å². The second-order valence-corrected chi connectivity index (χ2v) is 6.09. The Morgan fingerprint density at radius 2 is 2.04 bits per heavy atom.